The van der Waals surface area contributed by atoms with Crippen molar-refractivity contribution in [3.63, 3.8) is 0 Å². The third-order valence-electron chi connectivity index (χ3n) is 2.60. The number of nitrogens with two attached hydrogens (primary N) is 1. The molecule has 0 amide bonds. The standard InChI is InChI=1S/C13H19NO2.ClH/c1-13(2,3)10-6-4-9(5-7-10)11(14)8-12(15)16;/h4-7,11H,8,14H2,1-3H3,(H,15,16);1H. The van der Waals surface area contributed by atoms with Crippen LogP contribution in [0.2, 0.25) is 0 Å². The Morgan fingerprint density at radius 3 is 2.12 bits per heavy atom. The van der Waals surface area contributed by atoms with E-state index in [4.69, 9.17) is 10.8 Å². The van der Waals surface area contributed by atoms with Gasteiger partial charge in [0.05, 0.1) is 6.42 Å². The molecule has 1 aromatic rings. The van der Waals surface area contributed by atoms with E-state index in [2.05, 4.69) is 20.8 Å². The monoisotopic (exact) mass is 257 g/mol. The Hall–Kier alpha value is -1.06. The molecule has 1 rings (SSSR count). The van der Waals surface area contributed by atoms with E-state index in [9.17, 15) is 4.79 Å². The zero-order valence-electron chi connectivity index (χ0n) is 10.4. The van der Waals surface area contributed by atoms with Gasteiger partial charge in [-0.05, 0) is 16.5 Å². The van der Waals surface area contributed by atoms with E-state index in [1.54, 1.807) is 0 Å². The second-order valence-corrected chi connectivity index (χ2v) is 5.08. The number of aliphatic carboxylic acids is 1. The molecule has 0 bridgehead atoms. The van der Waals surface area contributed by atoms with Gasteiger partial charge in [-0.3, -0.25) is 4.79 Å². The molecule has 0 aromatic heterocycles. The number of rotatable bonds is 3. The number of hydrogen-bond donors (Lipinski definition) is 2. The van der Waals surface area contributed by atoms with Crippen LogP contribution in [0.1, 0.15) is 44.4 Å². The van der Waals surface area contributed by atoms with E-state index in [1.807, 2.05) is 24.3 Å². The first-order chi connectivity index (χ1) is 7.30. The largest absolute Gasteiger partial charge is 0.481 e. The first-order valence-corrected chi connectivity index (χ1v) is 5.38. The van der Waals surface area contributed by atoms with Crippen molar-refractivity contribution >= 4 is 18.4 Å². The molecule has 0 fully saturated rings. The molecule has 0 saturated carbocycles. The first kappa shape index (κ1) is 15.9. The van der Waals surface area contributed by atoms with Crippen LogP contribution in [-0.4, -0.2) is 11.1 Å². The van der Waals surface area contributed by atoms with Gasteiger partial charge in [-0.25, -0.2) is 0 Å². The summed E-state index contributed by atoms with van der Waals surface area (Å²) in [6.07, 6.45) is -0.0329. The fourth-order valence-electron chi connectivity index (χ4n) is 1.54. The highest BCUT2D eigenvalue weighted by Crippen LogP contribution is 2.24. The molecule has 3 nitrogen and oxygen atoms in total. The Balaban J connectivity index is 0.00000256. The van der Waals surface area contributed by atoms with Crippen molar-refractivity contribution in [3.8, 4) is 0 Å². The van der Waals surface area contributed by atoms with Gasteiger partial charge in [-0.1, -0.05) is 45.0 Å². The maximum Gasteiger partial charge on any atom is 0.305 e. The van der Waals surface area contributed by atoms with E-state index in [0.717, 1.165) is 5.56 Å². The summed E-state index contributed by atoms with van der Waals surface area (Å²) in [5.74, 6) is -0.868. The Bertz CT molecular complexity index is 368. The molecule has 0 spiro atoms. The smallest absolute Gasteiger partial charge is 0.305 e. The molecule has 3 N–H and O–H groups in total. The maximum absolute atomic E-state index is 10.5. The third-order valence-corrected chi connectivity index (χ3v) is 2.60. The molecule has 1 aromatic carbocycles. The van der Waals surface area contributed by atoms with Crippen LogP contribution in [0, 0.1) is 0 Å². The van der Waals surface area contributed by atoms with Crippen molar-refractivity contribution in [2.45, 2.75) is 38.6 Å². The van der Waals surface area contributed by atoms with E-state index in [0.29, 0.717) is 0 Å². The fraction of sp³-hybridized carbons (Fsp3) is 0.462. The SMILES string of the molecule is CC(C)(C)c1ccc(C(N)CC(=O)O)cc1.Cl. The molecule has 0 saturated heterocycles. The number of halogens is 1. The van der Waals surface area contributed by atoms with Gasteiger partial charge in [0.15, 0.2) is 0 Å². The Kier molecular flexibility index (Phi) is 5.66. The zero-order chi connectivity index (χ0) is 12.3. The van der Waals surface area contributed by atoms with Crippen molar-refractivity contribution in [2.75, 3.05) is 0 Å². The molecule has 0 aliphatic rings. The normalized spacial score (nSPS) is 12.7. The van der Waals surface area contributed by atoms with Gasteiger partial charge >= 0.3 is 5.97 Å². The van der Waals surface area contributed by atoms with Gasteiger partial charge in [0.25, 0.3) is 0 Å². The Labute approximate surface area is 108 Å². The molecule has 96 valence electrons. The van der Waals surface area contributed by atoms with Crippen molar-refractivity contribution in [1.82, 2.24) is 0 Å². The lowest BCUT2D eigenvalue weighted by Gasteiger charge is -2.20. The minimum atomic E-state index is -0.868. The van der Waals surface area contributed by atoms with Crippen molar-refractivity contribution in [2.24, 2.45) is 5.73 Å². The summed E-state index contributed by atoms with van der Waals surface area (Å²) in [6.45, 7) is 6.41. The summed E-state index contributed by atoms with van der Waals surface area (Å²) < 4.78 is 0. The van der Waals surface area contributed by atoms with Gasteiger partial charge in [0.2, 0.25) is 0 Å². The van der Waals surface area contributed by atoms with Crippen LogP contribution in [0.4, 0.5) is 0 Å². The summed E-state index contributed by atoms with van der Waals surface area (Å²) in [4.78, 5) is 10.5. The molecular weight excluding hydrogens is 238 g/mol. The van der Waals surface area contributed by atoms with Crippen molar-refractivity contribution in [3.05, 3.63) is 35.4 Å². The highest BCUT2D eigenvalue weighted by atomic mass is 35.5. The van der Waals surface area contributed by atoms with Crippen LogP contribution < -0.4 is 5.73 Å². The Morgan fingerprint density at radius 1 is 1.29 bits per heavy atom. The predicted molar refractivity (Wildman–Crippen MR) is 71.6 cm³/mol. The highest BCUT2D eigenvalue weighted by molar-refractivity contribution is 5.85. The predicted octanol–water partition coefficient (Wildman–Crippen LogP) is 2.88. The molecule has 0 heterocycles. The lowest BCUT2D eigenvalue weighted by Crippen LogP contribution is -2.16. The average Bonchev–Trinajstić information content (AvgIpc) is 2.15. The molecule has 4 heteroatoms. The lowest BCUT2D eigenvalue weighted by molar-refractivity contribution is -0.137. The van der Waals surface area contributed by atoms with Crippen LogP contribution in [0.15, 0.2) is 24.3 Å². The van der Waals surface area contributed by atoms with Gasteiger partial charge in [0.1, 0.15) is 0 Å². The van der Waals surface area contributed by atoms with Crippen LogP contribution in [0.3, 0.4) is 0 Å². The number of carboxylic acids is 1. The summed E-state index contributed by atoms with van der Waals surface area (Å²) in [5.41, 5.74) is 7.97. The average molecular weight is 258 g/mol. The van der Waals surface area contributed by atoms with Gasteiger partial charge in [0, 0.05) is 6.04 Å². The van der Waals surface area contributed by atoms with E-state index >= 15 is 0 Å². The van der Waals surface area contributed by atoms with Gasteiger partial charge < -0.3 is 10.8 Å². The maximum atomic E-state index is 10.5. The van der Waals surface area contributed by atoms with Crippen molar-refractivity contribution in [1.29, 1.82) is 0 Å². The summed E-state index contributed by atoms with van der Waals surface area (Å²) in [7, 11) is 0. The second-order valence-electron chi connectivity index (χ2n) is 5.08. The van der Waals surface area contributed by atoms with E-state index in [1.165, 1.54) is 5.56 Å². The topological polar surface area (TPSA) is 63.3 Å². The van der Waals surface area contributed by atoms with E-state index < -0.39 is 12.0 Å². The first-order valence-electron chi connectivity index (χ1n) is 5.38. The number of benzene rings is 1. The Morgan fingerprint density at radius 2 is 1.76 bits per heavy atom. The third kappa shape index (κ3) is 4.75. The molecule has 1 unspecified atom stereocenters. The van der Waals surface area contributed by atoms with Gasteiger partial charge in [-0.15, -0.1) is 12.4 Å². The summed E-state index contributed by atoms with van der Waals surface area (Å²) in [6, 6.07) is 7.42. The van der Waals surface area contributed by atoms with Crippen LogP contribution >= 0.6 is 12.4 Å². The van der Waals surface area contributed by atoms with Crippen LogP contribution in [0.25, 0.3) is 0 Å². The minimum Gasteiger partial charge on any atom is -0.481 e. The summed E-state index contributed by atoms with van der Waals surface area (Å²) >= 11 is 0. The molecule has 0 radical (unpaired) electrons. The molecule has 0 aliphatic heterocycles. The number of carboxylic acid groups (broad SMARTS) is 1. The van der Waals surface area contributed by atoms with Crippen LogP contribution in [0.5, 0.6) is 0 Å². The minimum absolute atomic E-state index is 0. The zero-order valence-corrected chi connectivity index (χ0v) is 11.3. The lowest BCUT2D eigenvalue weighted by atomic mass is 9.86. The number of hydrogen-bond acceptors (Lipinski definition) is 2. The number of carbonyl (C=O) groups is 1. The highest BCUT2D eigenvalue weighted by Gasteiger charge is 2.15. The molecule has 17 heavy (non-hydrogen) atoms. The van der Waals surface area contributed by atoms with E-state index in [-0.39, 0.29) is 24.2 Å². The summed E-state index contributed by atoms with van der Waals surface area (Å²) in [5, 5.41) is 8.65. The van der Waals surface area contributed by atoms with Gasteiger partial charge in [-0.2, -0.15) is 0 Å². The molecule has 0 aliphatic carbocycles. The second kappa shape index (κ2) is 6.03. The molecule has 1 atom stereocenters. The fourth-order valence-corrected chi connectivity index (χ4v) is 1.54. The van der Waals surface area contributed by atoms with Crippen molar-refractivity contribution < 1.29 is 9.90 Å². The van der Waals surface area contributed by atoms with Crippen LogP contribution in [-0.2, 0) is 10.2 Å². The molecular formula is C13H20ClNO2. The quantitative estimate of drug-likeness (QED) is 0.875.